The first-order chi connectivity index (χ1) is 20.1. The second kappa shape index (κ2) is 98.5. The molecule has 0 atom stereocenters. The number of allylic oxidation sites excluding steroid dienone is 1. The number of nitrogens with zero attached hydrogens (tertiary/aromatic N) is 4. The van der Waals surface area contributed by atoms with Crippen LogP contribution in [0.15, 0.2) is 95.4 Å². The van der Waals surface area contributed by atoms with Gasteiger partial charge in [0.1, 0.15) is -0.565 Å². The van der Waals surface area contributed by atoms with Gasteiger partial charge < -0.3 is 44.9 Å². The van der Waals surface area contributed by atoms with Crippen LogP contribution in [0.3, 0.4) is 0 Å². The molecule has 1 N–H and O–H groups in total. The van der Waals surface area contributed by atoms with E-state index in [0.29, 0.717) is -0.565 Å². The summed E-state index contributed by atoms with van der Waals surface area (Å²) in [5.41, 5.74) is 0. The van der Waals surface area contributed by atoms with Gasteiger partial charge >= 0.3 is 0 Å². The molecule has 0 unspecified atom stereocenters. The maximum absolute atomic E-state index is 8.06. The van der Waals surface area contributed by atoms with Crippen LogP contribution < -0.4 is 0 Å². The third-order valence-corrected chi connectivity index (χ3v) is 2.03. The van der Waals surface area contributed by atoms with Gasteiger partial charge in [0, 0.05) is 151 Å². The number of hydrogen-bond acceptors (Lipinski definition) is 3. The van der Waals surface area contributed by atoms with Gasteiger partial charge in [-0.15, -0.1) is 6.58 Å². The van der Waals surface area contributed by atoms with E-state index in [1.54, 1.807) is 46.7 Å². The van der Waals surface area contributed by atoms with E-state index in [9.17, 15) is 0 Å². The van der Waals surface area contributed by atoms with Crippen LogP contribution in [0.2, 0.25) is 0 Å². The molecule has 0 heterocycles. The molecule has 0 aliphatic rings. The van der Waals surface area contributed by atoms with Crippen molar-refractivity contribution in [1.82, 2.24) is 9.80 Å². The van der Waals surface area contributed by atoms with Gasteiger partial charge in [0.15, 0.2) is 0 Å². The predicted octanol–water partition coefficient (Wildman–Crippen LogP) is 12.4. The van der Waals surface area contributed by atoms with E-state index in [0.717, 1.165) is 0 Å². The predicted molar refractivity (Wildman–Crippen MR) is 246 cm³/mol. The molecule has 0 bridgehead atoms. The van der Waals surface area contributed by atoms with Gasteiger partial charge in [0.05, 0.1) is 12.7 Å². The van der Waals surface area contributed by atoms with Gasteiger partial charge in [-0.2, -0.15) is 6.92 Å². The third kappa shape index (κ3) is 274. The number of benzene rings is 2. The molecule has 14 heteroatoms. The van der Waals surface area contributed by atoms with Crippen LogP contribution >= 0.6 is 90.4 Å². The fourth-order valence-electron chi connectivity index (χ4n) is 1.23. The summed E-state index contributed by atoms with van der Waals surface area (Å²) in [6.07, 6.45) is 5.08. The van der Waals surface area contributed by atoms with Crippen LogP contribution in [0.4, 0.5) is 0 Å². The average Bonchev–Trinajstić information content (AvgIpc) is 2.94. The quantitative estimate of drug-likeness (QED) is 0.0814. The third-order valence-electron chi connectivity index (χ3n) is 2.03. The van der Waals surface area contributed by atoms with E-state index in [-0.39, 0.29) is 116 Å². The van der Waals surface area contributed by atoms with Gasteiger partial charge in [0.2, 0.25) is 0 Å². The van der Waals surface area contributed by atoms with Crippen molar-refractivity contribution in [1.29, 1.82) is 0 Å². The molecular formula is C35H68I4N4OVW4-2. The maximum atomic E-state index is 8.06. The Labute approximate surface area is 431 Å². The molecule has 0 fully saturated rings. The van der Waals surface area contributed by atoms with Gasteiger partial charge in [-0.05, 0) is 27.7 Å². The fourth-order valence-corrected chi connectivity index (χ4v) is 1.23. The molecule has 0 aliphatic carbocycles. The summed E-state index contributed by atoms with van der Waals surface area (Å²) in [6.45, 7) is 20.8. The molecule has 1 radical (unpaired) electrons. The van der Waals surface area contributed by atoms with E-state index in [1.807, 2.05) is 157 Å². The molecule has 0 amide bonds. The van der Waals surface area contributed by atoms with Crippen molar-refractivity contribution in [2.24, 2.45) is 9.98 Å². The van der Waals surface area contributed by atoms with Crippen molar-refractivity contribution in [3.05, 3.63) is 97.3 Å². The summed E-state index contributed by atoms with van der Waals surface area (Å²) in [6, 6.07) is 24.0. The molecule has 49 heavy (non-hydrogen) atoms. The van der Waals surface area contributed by atoms with Gasteiger partial charge in [0.25, 0.3) is 0 Å². The maximum Gasteiger partial charge on any atom is 0.121 e. The minimum Gasteiger partial charge on any atom is -0.394 e. The first-order valence-corrected chi connectivity index (χ1v) is 18.5. The molecule has 0 spiro atoms. The van der Waals surface area contributed by atoms with Crippen molar-refractivity contribution >= 4 is 103 Å². The number of alkyl halides is 3. The Balaban J connectivity index is -0.0000000233. The fraction of sp³-hybridized carbons (Fsp3) is 0.486. The van der Waals surface area contributed by atoms with Crippen molar-refractivity contribution in [2.75, 3.05) is 42.3 Å². The minimum absolute atomic E-state index is 0. The van der Waals surface area contributed by atoms with E-state index in [2.05, 4.69) is 114 Å². The largest absolute Gasteiger partial charge is 0.394 e. The van der Waals surface area contributed by atoms with Crippen molar-refractivity contribution in [2.45, 2.75) is 67.9 Å². The van der Waals surface area contributed by atoms with Crippen LogP contribution in [-0.2, 0) is 103 Å². The zero-order valence-corrected chi connectivity index (χ0v) is 54.6. The van der Waals surface area contributed by atoms with Gasteiger partial charge in [-0.3, -0.25) is 14.4 Å². The summed E-state index contributed by atoms with van der Waals surface area (Å²) in [4.78, 5) is 11.2. The molecule has 2 rings (SSSR count). The summed E-state index contributed by atoms with van der Waals surface area (Å²) < 4.78 is 2.38. The molecule has 0 saturated heterocycles. The van der Waals surface area contributed by atoms with Crippen LogP contribution in [0.5, 0.6) is 0 Å². The van der Waals surface area contributed by atoms with Crippen LogP contribution in [0.1, 0.15) is 62.3 Å². The Hall–Kier alpha value is 3.34. The molecule has 2 aromatic carbocycles. The van der Waals surface area contributed by atoms with E-state index in [4.69, 9.17) is 5.11 Å². The molecule has 5 nitrogen and oxygen atoms in total. The first-order valence-electron chi connectivity index (χ1n) is 14.0. The topological polar surface area (TPSA) is 51.4 Å². The standard InChI is InChI=1S/2C6H6.2C4H10N2.C3H8O.C3H6.C2H3I3.C2H4I.2C2H6.CH3.V.4W/c2*1-2-4-6-5-3-1;2*1-5-4-6(2)3;1-3(2)4;1-3-2;1-2(3,4)5;1-2-3;2*1-2;;;;;;/h2*1-6H;2*4H,1-3H3;3-4H,1-2H3;3H,1H2,2H3;1H3;2H,1H3;2*1-2H3;1H3;;;;;/q;;;;;;;-1;;;-1;;;;;. The number of aliphatic hydroxyl groups excluding tert-OH is 1. The Morgan fingerprint density at radius 3 is 0.776 bits per heavy atom. The second-order valence-electron chi connectivity index (χ2n) is 7.49. The van der Waals surface area contributed by atoms with Crippen LogP contribution in [-0.4, -0.2) is 75.4 Å². The second-order valence-corrected chi connectivity index (χ2v) is 21.4. The molecule has 2 aromatic rings. The Bertz CT molecular complexity index is 599. The number of halogens is 4. The Kier molecular flexibility index (Phi) is 189. The zero-order valence-electron chi connectivity index (χ0n) is 32.9. The molecule has 293 valence electrons. The van der Waals surface area contributed by atoms with Gasteiger partial charge in [-0.25, -0.2) is 0 Å². The summed E-state index contributed by atoms with van der Waals surface area (Å²) >= 11 is 9.22. The first kappa shape index (κ1) is 93.9. The van der Waals surface area contributed by atoms with E-state index >= 15 is 0 Å². The molecule has 0 aromatic heterocycles. The van der Waals surface area contributed by atoms with Crippen LogP contribution in [0.25, 0.3) is 0 Å². The average molecular weight is 1850 g/mol. The summed E-state index contributed by atoms with van der Waals surface area (Å²) in [7, 11) is 11.2. The normalized spacial score (nSPS) is 7.20. The SMILES string of the molecule is C=CC.CC.CC.CC(C)O.CC(I)(I)I.CN=CN(C)C.CN=CN(C)C.C[CH-]I.[CH3-].[V].[W].[W].[W].[W].c1ccccc1.c1ccccc1. The summed E-state index contributed by atoms with van der Waals surface area (Å²) in [5.74, 6) is 0. The van der Waals surface area contributed by atoms with E-state index < -0.39 is 0 Å². The monoisotopic (exact) mass is 1850 g/mol. The minimum atomic E-state index is -0.167. The number of aliphatic imine (C=N–C) groups is 2. The zero-order chi connectivity index (χ0) is 36.0. The smallest absolute Gasteiger partial charge is 0.121 e. The summed E-state index contributed by atoms with van der Waals surface area (Å²) in [5, 5.41) is 8.06. The molecule has 0 saturated carbocycles. The molecule has 0 aliphatic heterocycles. The van der Waals surface area contributed by atoms with Crippen molar-refractivity contribution in [3.63, 3.8) is 0 Å². The Morgan fingerprint density at radius 2 is 0.755 bits per heavy atom. The Morgan fingerprint density at radius 1 is 0.673 bits per heavy atom. The van der Waals surface area contributed by atoms with Crippen molar-refractivity contribution in [3.8, 4) is 0 Å². The number of hydrogen-bond donors (Lipinski definition) is 1. The van der Waals surface area contributed by atoms with Crippen LogP contribution in [0, 0.1) is 11.9 Å². The number of aliphatic hydroxyl groups is 1. The van der Waals surface area contributed by atoms with E-state index in [1.165, 1.54) is 0 Å². The molecular weight excluding hydrogens is 1790 g/mol. The van der Waals surface area contributed by atoms with Crippen molar-refractivity contribution < 1.29 is 108 Å². The van der Waals surface area contributed by atoms with Gasteiger partial charge in [-0.1, -0.05) is 174 Å². The number of rotatable bonds is 2.